The van der Waals surface area contributed by atoms with Gasteiger partial charge in [-0.15, -0.1) is 0 Å². The fraction of sp³-hybridized carbons (Fsp3) is 0. The van der Waals surface area contributed by atoms with Crippen LogP contribution in [-0.2, 0) is 0 Å². The van der Waals surface area contributed by atoms with Gasteiger partial charge >= 0.3 is 11.5 Å². The summed E-state index contributed by atoms with van der Waals surface area (Å²) in [6.45, 7) is 0. The van der Waals surface area contributed by atoms with Gasteiger partial charge in [-0.1, -0.05) is 30.3 Å². The molecule has 0 spiro atoms. The van der Waals surface area contributed by atoms with Crippen molar-refractivity contribution < 1.29 is 18.6 Å². The topological polar surface area (TPSA) is 116 Å². The molecule has 0 fully saturated rings. The van der Waals surface area contributed by atoms with Crippen LogP contribution < -0.4 is 10.9 Å². The van der Waals surface area contributed by atoms with E-state index in [1.54, 1.807) is 42.5 Å². The highest BCUT2D eigenvalue weighted by Crippen LogP contribution is 2.24. The van der Waals surface area contributed by atoms with Gasteiger partial charge in [0.25, 0.3) is 5.91 Å². The van der Waals surface area contributed by atoms with Crippen molar-refractivity contribution in [2.75, 3.05) is 5.32 Å². The Morgan fingerprint density at radius 1 is 0.964 bits per heavy atom. The van der Waals surface area contributed by atoms with Gasteiger partial charge in [0, 0.05) is 11.1 Å². The highest BCUT2D eigenvalue weighted by molar-refractivity contribution is 6.02. The summed E-state index contributed by atoms with van der Waals surface area (Å²) >= 11 is 0. The Morgan fingerprint density at radius 3 is 2.57 bits per heavy atom. The van der Waals surface area contributed by atoms with Gasteiger partial charge in [0.2, 0.25) is 0 Å². The molecule has 1 amide bonds. The molecule has 0 bridgehead atoms. The van der Waals surface area contributed by atoms with Crippen molar-refractivity contribution >= 4 is 28.4 Å². The Labute approximate surface area is 157 Å². The fourth-order valence-corrected chi connectivity index (χ4v) is 2.77. The minimum atomic E-state index is -0.726. The van der Waals surface area contributed by atoms with Gasteiger partial charge in [-0.3, -0.25) is 14.9 Å². The molecule has 1 N–H and O–H groups in total. The van der Waals surface area contributed by atoms with E-state index in [0.29, 0.717) is 22.4 Å². The number of fused-ring (bicyclic) bond motifs is 1. The van der Waals surface area contributed by atoms with Crippen molar-refractivity contribution in [2.45, 2.75) is 0 Å². The van der Waals surface area contributed by atoms with Crippen molar-refractivity contribution in [2.24, 2.45) is 0 Å². The zero-order valence-corrected chi connectivity index (χ0v) is 14.2. The van der Waals surface area contributed by atoms with Crippen LogP contribution in [0, 0.1) is 10.1 Å². The normalized spacial score (nSPS) is 10.7. The van der Waals surface area contributed by atoms with E-state index in [4.69, 9.17) is 8.83 Å². The number of anilines is 1. The maximum absolute atomic E-state index is 12.3. The summed E-state index contributed by atoms with van der Waals surface area (Å²) in [6, 6.07) is 17.8. The van der Waals surface area contributed by atoms with Crippen molar-refractivity contribution in [3.05, 3.63) is 93.0 Å². The summed E-state index contributed by atoms with van der Waals surface area (Å²) in [7, 11) is 0. The lowest BCUT2D eigenvalue weighted by molar-refractivity contribution is -0.402. The molecule has 4 rings (SSSR count). The van der Waals surface area contributed by atoms with Gasteiger partial charge in [0.05, 0.1) is 11.6 Å². The molecule has 4 aromatic rings. The highest BCUT2D eigenvalue weighted by Gasteiger charge is 2.17. The number of para-hydroxylation sites is 1. The maximum atomic E-state index is 12.3. The first-order chi connectivity index (χ1) is 13.5. The van der Waals surface area contributed by atoms with Crippen LogP contribution in [0.2, 0.25) is 0 Å². The zero-order chi connectivity index (χ0) is 19.7. The van der Waals surface area contributed by atoms with Crippen LogP contribution in [0.3, 0.4) is 0 Å². The van der Waals surface area contributed by atoms with Crippen molar-refractivity contribution in [1.29, 1.82) is 0 Å². The molecule has 0 aliphatic heterocycles. The van der Waals surface area contributed by atoms with E-state index in [9.17, 15) is 19.7 Å². The van der Waals surface area contributed by atoms with Gasteiger partial charge in [-0.2, -0.15) is 0 Å². The van der Waals surface area contributed by atoms with Crippen molar-refractivity contribution in [1.82, 2.24) is 0 Å². The molecular formula is C20H12N2O6. The molecule has 2 aromatic heterocycles. The number of nitrogens with zero attached hydrogens (tertiary/aromatic N) is 1. The van der Waals surface area contributed by atoms with Crippen LogP contribution in [0.5, 0.6) is 0 Å². The first-order valence-corrected chi connectivity index (χ1v) is 8.20. The monoisotopic (exact) mass is 376 g/mol. The van der Waals surface area contributed by atoms with E-state index >= 15 is 0 Å². The second kappa shape index (κ2) is 6.84. The summed E-state index contributed by atoms with van der Waals surface area (Å²) in [5.74, 6) is -1.36. The van der Waals surface area contributed by atoms with Gasteiger partial charge in [0.15, 0.2) is 5.76 Å². The molecule has 8 heteroatoms. The van der Waals surface area contributed by atoms with Gasteiger partial charge in [-0.25, -0.2) is 4.79 Å². The number of amides is 1. The van der Waals surface area contributed by atoms with E-state index in [-0.39, 0.29) is 5.76 Å². The molecule has 2 heterocycles. The summed E-state index contributed by atoms with van der Waals surface area (Å²) in [6.07, 6.45) is 0. The maximum Gasteiger partial charge on any atom is 0.433 e. The number of carbonyl (C=O) groups is 1. The first kappa shape index (κ1) is 17.2. The quantitative estimate of drug-likeness (QED) is 0.324. The minimum absolute atomic E-state index is 0.192. The number of rotatable bonds is 4. The summed E-state index contributed by atoms with van der Waals surface area (Å²) < 4.78 is 10.2. The minimum Gasteiger partial charge on any atom is -0.422 e. The third-order valence-electron chi connectivity index (χ3n) is 4.07. The second-order valence-corrected chi connectivity index (χ2v) is 5.92. The number of carbonyl (C=O) groups excluding carboxylic acids is 1. The SMILES string of the molecule is O=C(Nc1cccc(-c2cc3ccccc3oc2=O)c1)c1ccc([N+](=O)[O-])o1. The molecule has 0 radical (unpaired) electrons. The lowest BCUT2D eigenvalue weighted by atomic mass is 10.1. The Kier molecular flexibility index (Phi) is 4.21. The van der Waals surface area contributed by atoms with Crippen molar-refractivity contribution in [3.8, 4) is 11.1 Å². The van der Waals surface area contributed by atoms with Gasteiger partial charge < -0.3 is 14.2 Å². The molecule has 0 atom stereocenters. The molecule has 28 heavy (non-hydrogen) atoms. The highest BCUT2D eigenvalue weighted by atomic mass is 16.6. The molecule has 0 aliphatic rings. The zero-order valence-electron chi connectivity index (χ0n) is 14.2. The Hall–Kier alpha value is -4.20. The van der Waals surface area contributed by atoms with E-state index in [1.807, 2.05) is 12.1 Å². The van der Waals surface area contributed by atoms with Gasteiger partial charge in [-0.05, 0) is 35.9 Å². The Morgan fingerprint density at radius 2 is 1.79 bits per heavy atom. The van der Waals surface area contributed by atoms with Crippen LogP contribution in [0.1, 0.15) is 10.6 Å². The summed E-state index contributed by atoms with van der Waals surface area (Å²) in [5.41, 5.74) is 1.30. The molecule has 0 saturated carbocycles. The largest absolute Gasteiger partial charge is 0.433 e. The van der Waals surface area contributed by atoms with E-state index in [1.165, 1.54) is 6.07 Å². The predicted octanol–water partition coefficient (Wildman–Crippen LogP) is 4.21. The van der Waals surface area contributed by atoms with Crippen LogP contribution >= 0.6 is 0 Å². The van der Waals surface area contributed by atoms with E-state index in [0.717, 1.165) is 11.5 Å². The predicted molar refractivity (Wildman–Crippen MR) is 101 cm³/mol. The van der Waals surface area contributed by atoms with Crippen LogP contribution in [0.15, 0.2) is 80.4 Å². The number of hydrogen-bond donors (Lipinski definition) is 1. The molecule has 8 nitrogen and oxygen atoms in total. The first-order valence-electron chi connectivity index (χ1n) is 8.20. The molecule has 2 aromatic carbocycles. The lowest BCUT2D eigenvalue weighted by Crippen LogP contribution is -2.11. The van der Waals surface area contributed by atoms with Crippen LogP contribution in [-0.4, -0.2) is 10.8 Å². The van der Waals surface area contributed by atoms with Crippen LogP contribution in [0.25, 0.3) is 22.1 Å². The molecule has 0 aliphatic carbocycles. The average Bonchev–Trinajstić information content (AvgIpc) is 3.18. The molecule has 138 valence electrons. The lowest BCUT2D eigenvalue weighted by Gasteiger charge is -2.06. The van der Waals surface area contributed by atoms with Crippen molar-refractivity contribution in [3.63, 3.8) is 0 Å². The van der Waals surface area contributed by atoms with Crippen LogP contribution in [0.4, 0.5) is 11.6 Å². The number of benzene rings is 2. The van der Waals surface area contributed by atoms with Gasteiger partial charge in [0.1, 0.15) is 10.5 Å². The fourth-order valence-electron chi connectivity index (χ4n) is 2.77. The molecule has 0 unspecified atom stereocenters. The summed E-state index contributed by atoms with van der Waals surface area (Å²) in [4.78, 5) is 34.5. The Bertz CT molecular complexity index is 1270. The average molecular weight is 376 g/mol. The smallest absolute Gasteiger partial charge is 0.422 e. The number of hydrogen-bond acceptors (Lipinski definition) is 6. The second-order valence-electron chi connectivity index (χ2n) is 5.92. The Balaban J connectivity index is 1.64. The summed E-state index contributed by atoms with van der Waals surface area (Å²) in [5, 5.41) is 14.0. The van der Waals surface area contributed by atoms with E-state index in [2.05, 4.69) is 5.32 Å². The number of nitro groups is 1. The molecule has 0 saturated heterocycles. The third-order valence-corrected chi connectivity index (χ3v) is 4.07. The standard InChI is InChI=1S/C20H12N2O6/c23-19(17-8-9-18(27-17)22(25)26)21-14-6-3-5-12(10-14)15-11-13-4-1-2-7-16(13)28-20(15)24/h1-11H,(H,21,23). The third kappa shape index (κ3) is 3.26. The molecular weight excluding hydrogens is 364 g/mol. The van der Waals surface area contributed by atoms with E-state index < -0.39 is 22.3 Å². The number of nitrogens with one attached hydrogen (secondary N) is 1. The number of furan rings is 1.